The van der Waals surface area contributed by atoms with Crippen molar-refractivity contribution in [3.8, 4) is 11.5 Å². The van der Waals surface area contributed by atoms with Crippen LogP contribution in [0.25, 0.3) is 0 Å². The van der Waals surface area contributed by atoms with Gasteiger partial charge >= 0.3 is 5.97 Å². The van der Waals surface area contributed by atoms with E-state index in [4.69, 9.17) is 9.47 Å². The molecular weight excluding hydrogens is 358 g/mol. The molecule has 136 valence electrons. The first-order chi connectivity index (χ1) is 12.5. The topological polar surface area (TPSA) is 93.1 Å². The summed E-state index contributed by atoms with van der Waals surface area (Å²) in [7, 11) is 1.50. The number of hydrogen-bond acceptors (Lipinski definition) is 6. The highest BCUT2D eigenvalue weighted by molar-refractivity contribution is 7.08. The lowest BCUT2D eigenvalue weighted by molar-refractivity contribution is -0.138. The molecule has 3 rings (SSSR count). The molecule has 1 aliphatic rings. The second-order valence-corrected chi connectivity index (χ2v) is 6.38. The summed E-state index contributed by atoms with van der Waals surface area (Å²) in [5.41, 5.74) is 1.12. The summed E-state index contributed by atoms with van der Waals surface area (Å²) >= 11 is 1.27. The number of hydrogen-bond donors (Lipinski definition) is 1. The van der Waals surface area contributed by atoms with E-state index in [0.29, 0.717) is 34.8 Å². The third-order valence-corrected chi connectivity index (χ3v) is 4.86. The van der Waals surface area contributed by atoms with E-state index in [1.54, 1.807) is 29.0 Å². The molecule has 1 aromatic heterocycles. The summed E-state index contributed by atoms with van der Waals surface area (Å²) in [6.45, 7) is 2.20. The summed E-state index contributed by atoms with van der Waals surface area (Å²) in [5.74, 6) is -1.16. The minimum Gasteiger partial charge on any atom is -0.493 e. The Bertz CT molecular complexity index is 844. The Labute approximate surface area is 153 Å². The van der Waals surface area contributed by atoms with Crippen LogP contribution in [0.15, 0.2) is 29.0 Å². The molecule has 1 aliphatic heterocycles. The lowest BCUT2D eigenvalue weighted by Gasteiger charge is -2.26. The molecule has 1 N–H and O–H groups in total. The first kappa shape index (κ1) is 17.9. The van der Waals surface area contributed by atoms with Gasteiger partial charge in [-0.25, -0.2) is 0 Å². The molecule has 0 bridgehead atoms. The van der Waals surface area contributed by atoms with Gasteiger partial charge in [0, 0.05) is 10.8 Å². The van der Waals surface area contributed by atoms with Crippen molar-refractivity contribution in [2.24, 2.45) is 0 Å². The molecule has 0 fully saturated rings. The molecule has 26 heavy (non-hydrogen) atoms. The Balaban J connectivity index is 2.03. The SMILES string of the molecule is CCOc1cc(C(CC(=O)O)N2C(=O)c3cscc3C2=O)ccc1OC. The van der Waals surface area contributed by atoms with Crippen molar-refractivity contribution in [2.75, 3.05) is 13.7 Å². The molecule has 2 heterocycles. The van der Waals surface area contributed by atoms with Gasteiger partial charge in [0.1, 0.15) is 0 Å². The van der Waals surface area contributed by atoms with Crippen LogP contribution in [0.1, 0.15) is 45.7 Å². The predicted molar refractivity (Wildman–Crippen MR) is 94.0 cm³/mol. The van der Waals surface area contributed by atoms with Gasteiger partial charge in [0.05, 0.1) is 37.3 Å². The van der Waals surface area contributed by atoms with Crippen LogP contribution in [0.5, 0.6) is 11.5 Å². The van der Waals surface area contributed by atoms with Crippen LogP contribution in [0, 0.1) is 0 Å². The molecule has 7 nitrogen and oxygen atoms in total. The van der Waals surface area contributed by atoms with Gasteiger partial charge in [0.15, 0.2) is 11.5 Å². The summed E-state index contributed by atoms with van der Waals surface area (Å²) < 4.78 is 10.8. The van der Waals surface area contributed by atoms with Crippen molar-refractivity contribution in [2.45, 2.75) is 19.4 Å². The highest BCUT2D eigenvalue weighted by atomic mass is 32.1. The molecule has 1 atom stereocenters. The fourth-order valence-corrected chi connectivity index (χ4v) is 3.75. The van der Waals surface area contributed by atoms with Crippen molar-refractivity contribution in [3.63, 3.8) is 0 Å². The molecule has 1 aromatic carbocycles. The Morgan fingerprint density at radius 3 is 2.38 bits per heavy atom. The van der Waals surface area contributed by atoms with Crippen molar-refractivity contribution in [3.05, 3.63) is 45.6 Å². The summed E-state index contributed by atoms with van der Waals surface area (Å²) in [4.78, 5) is 37.7. The van der Waals surface area contributed by atoms with Gasteiger partial charge in [-0.05, 0) is 24.6 Å². The minimum atomic E-state index is -1.11. The van der Waals surface area contributed by atoms with Gasteiger partial charge in [-0.15, -0.1) is 0 Å². The monoisotopic (exact) mass is 375 g/mol. The zero-order chi connectivity index (χ0) is 18.8. The van der Waals surface area contributed by atoms with E-state index in [-0.39, 0.29) is 0 Å². The molecule has 1 unspecified atom stereocenters. The van der Waals surface area contributed by atoms with Crippen LogP contribution in [0.3, 0.4) is 0 Å². The van der Waals surface area contributed by atoms with Gasteiger partial charge in [-0.1, -0.05) is 6.07 Å². The third-order valence-electron chi connectivity index (χ3n) is 4.11. The van der Waals surface area contributed by atoms with E-state index in [0.717, 1.165) is 4.90 Å². The number of nitrogens with zero attached hydrogens (tertiary/aromatic N) is 1. The Kier molecular flexibility index (Phi) is 4.94. The van der Waals surface area contributed by atoms with E-state index >= 15 is 0 Å². The highest BCUT2D eigenvalue weighted by Crippen LogP contribution is 2.38. The number of carbonyl (C=O) groups is 3. The Hall–Kier alpha value is -2.87. The van der Waals surface area contributed by atoms with E-state index in [9.17, 15) is 19.5 Å². The van der Waals surface area contributed by atoms with Gasteiger partial charge in [0.2, 0.25) is 0 Å². The van der Waals surface area contributed by atoms with Crippen molar-refractivity contribution >= 4 is 29.1 Å². The van der Waals surface area contributed by atoms with Crippen molar-refractivity contribution in [1.29, 1.82) is 0 Å². The van der Waals surface area contributed by atoms with Crippen LogP contribution >= 0.6 is 11.3 Å². The molecule has 8 heteroatoms. The number of thiophene rings is 1. The number of ether oxygens (including phenoxy) is 2. The number of carboxylic acid groups (broad SMARTS) is 1. The number of benzene rings is 1. The van der Waals surface area contributed by atoms with Crippen LogP contribution in [-0.4, -0.2) is 41.5 Å². The lowest BCUT2D eigenvalue weighted by Crippen LogP contribution is -2.35. The summed E-state index contributed by atoms with van der Waals surface area (Å²) in [6, 6.07) is 3.95. The molecule has 0 saturated carbocycles. The first-order valence-corrected chi connectivity index (χ1v) is 8.88. The second kappa shape index (κ2) is 7.17. The van der Waals surface area contributed by atoms with E-state index in [1.165, 1.54) is 18.4 Å². The molecule has 2 aromatic rings. The molecular formula is C18H17NO6S. The zero-order valence-corrected chi connectivity index (χ0v) is 15.0. The van der Waals surface area contributed by atoms with E-state index in [2.05, 4.69) is 0 Å². The molecule has 0 spiro atoms. The number of aliphatic carboxylic acids is 1. The summed E-state index contributed by atoms with van der Waals surface area (Å²) in [5, 5.41) is 12.5. The second-order valence-electron chi connectivity index (χ2n) is 5.64. The van der Waals surface area contributed by atoms with Crippen LogP contribution < -0.4 is 9.47 Å². The number of carboxylic acids is 1. The largest absolute Gasteiger partial charge is 0.493 e. The number of imide groups is 1. The predicted octanol–water partition coefficient (Wildman–Crippen LogP) is 2.97. The molecule has 0 aliphatic carbocycles. The maximum atomic E-state index is 12.7. The number of rotatable bonds is 7. The maximum absolute atomic E-state index is 12.7. The number of methoxy groups -OCH3 is 1. The van der Waals surface area contributed by atoms with Crippen molar-refractivity contribution in [1.82, 2.24) is 4.90 Å². The summed E-state index contributed by atoms with van der Waals surface area (Å²) in [6.07, 6.45) is -0.400. The van der Waals surface area contributed by atoms with Gasteiger partial charge in [-0.2, -0.15) is 11.3 Å². The van der Waals surface area contributed by atoms with Gasteiger partial charge < -0.3 is 14.6 Å². The van der Waals surface area contributed by atoms with Gasteiger partial charge in [0.25, 0.3) is 11.8 Å². The fourth-order valence-electron chi connectivity index (χ4n) is 2.96. The van der Waals surface area contributed by atoms with Gasteiger partial charge in [-0.3, -0.25) is 19.3 Å². The highest BCUT2D eigenvalue weighted by Gasteiger charge is 2.42. The average Bonchev–Trinajstić information content (AvgIpc) is 3.18. The number of fused-ring (bicyclic) bond motifs is 1. The first-order valence-electron chi connectivity index (χ1n) is 7.94. The number of amides is 2. The third kappa shape index (κ3) is 3.03. The Morgan fingerprint density at radius 1 is 1.19 bits per heavy atom. The number of carbonyl (C=O) groups excluding carboxylic acids is 2. The van der Waals surface area contributed by atoms with Crippen molar-refractivity contribution < 1.29 is 29.0 Å². The normalized spacial score (nSPS) is 14.3. The van der Waals surface area contributed by atoms with Crippen LogP contribution in [0.4, 0.5) is 0 Å². The minimum absolute atomic E-state index is 0.314. The van der Waals surface area contributed by atoms with E-state index < -0.39 is 30.2 Å². The van der Waals surface area contributed by atoms with Crippen LogP contribution in [0.2, 0.25) is 0 Å². The van der Waals surface area contributed by atoms with E-state index in [1.807, 2.05) is 6.92 Å². The molecule has 0 saturated heterocycles. The quantitative estimate of drug-likeness (QED) is 0.748. The lowest BCUT2D eigenvalue weighted by atomic mass is 10.0. The molecule has 0 radical (unpaired) electrons. The smallest absolute Gasteiger partial charge is 0.305 e. The average molecular weight is 375 g/mol. The maximum Gasteiger partial charge on any atom is 0.305 e. The fraction of sp³-hybridized carbons (Fsp3) is 0.278. The van der Waals surface area contributed by atoms with Crippen LogP contribution in [-0.2, 0) is 4.79 Å². The standard InChI is InChI=1S/C18H17NO6S/c1-3-25-15-6-10(4-5-14(15)24-2)13(7-16(20)21)19-17(22)11-8-26-9-12(11)18(19)23/h4-6,8-9,13H,3,7H2,1-2H3,(H,20,21). The Morgan fingerprint density at radius 2 is 1.85 bits per heavy atom. The zero-order valence-electron chi connectivity index (χ0n) is 14.2. The molecule has 2 amide bonds.